The molecule has 29 heavy (non-hydrogen) atoms. The van der Waals surface area contributed by atoms with Gasteiger partial charge in [0.25, 0.3) is 0 Å². The zero-order chi connectivity index (χ0) is 21.4. The summed E-state index contributed by atoms with van der Waals surface area (Å²) in [5, 5.41) is 0. The molecule has 0 aliphatic heterocycles. The summed E-state index contributed by atoms with van der Waals surface area (Å²) in [5.41, 5.74) is 5.15. The molecular formula is C27H55NO. The third-order valence-corrected chi connectivity index (χ3v) is 6.20. The van der Waals surface area contributed by atoms with E-state index in [-0.39, 0.29) is 5.91 Å². The first-order valence-electron chi connectivity index (χ1n) is 13.4. The van der Waals surface area contributed by atoms with Crippen LogP contribution in [0.25, 0.3) is 0 Å². The monoisotopic (exact) mass is 409 g/mol. The van der Waals surface area contributed by atoms with Crippen molar-refractivity contribution in [2.75, 3.05) is 0 Å². The molecule has 0 aliphatic rings. The second-order valence-electron chi connectivity index (χ2n) is 9.82. The van der Waals surface area contributed by atoms with Crippen molar-refractivity contribution in [1.29, 1.82) is 0 Å². The number of carbonyl (C=O) groups excluding carboxylic acids is 1. The van der Waals surface area contributed by atoms with Crippen LogP contribution >= 0.6 is 0 Å². The Labute approximate surface area is 184 Å². The SMILES string of the molecule is CC(C)CCCCCCCCCCCCCCCCCCCCCCCC(N)=O. The van der Waals surface area contributed by atoms with Crippen LogP contribution in [0.4, 0.5) is 0 Å². The maximum Gasteiger partial charge on any atom is 0.217 e. The van der Waals surface area contributed by atoms with Crippen molar-refractivity contribution in [3.63, 3.8) is 0 Å². The van der Waals surface area contributed by atoms with Gasteiger partial charge in [0.2, 0.25) is 5.91 Å². The molecule has 0 aliphatic carbocycles. The summed E-state index contributed by atoms with van der Waals surface area (Å²) in [6, 6.07) is 0. The lowest BCUT2D eigenvalue weighted by Gasteiger charge is -2.05. The Morgan fingerprint density at radius 1 is 0.483 bits per heavy atom. The lowest BCUT2D eigenvalue weighted by atomic mass is 10.0. The summed E-state index contributed by atoms with van der Waals surface area (Å²) in [7, 11) is 0. The summed E-state index contributed by atoms with van der Waals surface area (Å²) in [6.45, 7) is 4.67. The van der Waals surface area contributed by atoms with Gasteiger partial charge in [-0.05, 0) is 12.3 Å². The van der Waals surface area contributed by atoms with Crippen molar-refractivity contribution in [2.24, 2.45) is 11.7 Å². The molecule has 0 heterocycles. The van der Waals surface area contributed by atoms with Gasteiger partial charge in [-0.3, -0.25) is 4.79 Å². The summed E-state index contributed by atoms with van der Waals surface area (Å²) in [4.78, 5) is 10.6. The lowest BCUT2D eigenvalue weighted by Crippen LogP contribution is -2.09. The van der Waals surface area contributed by atoms with Crippen LogP contribution in [0.15, 0.2) is 0 Å². The maximum atomic E-state index is 10.6. The Kier molecular flexibility index (Phi) is 23.3. The number of amides is 1. The second kappa shape index (κ2) is 23.7. The van der Waals surface area contributed by atoms with Crippen LogP contribution in [0.2, 0.25) is 0 Å². The largest absolute Gasteiger partial charge is 0.370 e. The highest BCUT2D eigenvalue weighted by Gasteiger charge is 1.97. The average Bonchev–Trinajstić information content (AvgIpc) is 2.68. The third-order valence-electron chi connectivity index (χ3n) is 6.20. The van der Waals surface area contributed by atoms with Gasteiger partial charge in [-0.1, -0.05) is 149 Å². The highest BCUT2D eigenvalue weighted by molar-refractivity contribution is 5.73. The van der Waals surface area contributed by atoms with E-state index in [1.807, 2.05) is 0 Å². The van der Waals surface area contributed by atoms with Gasteiger partial charge in [0.05, 0.1) is 0 Å². The molecular weight excluding hydrogens is 354 g/mol. The van der Waals surface area contributed by atoms with E-state index in [4.69, 9.17) is 5.73 Å². The minimum atomic E-state index is -0.150. The van der Waals surface area contributed by atoms with Crippen molar-refractivity contribution < 1.29 is 4.79 Å². The lowest BCUT2D eigenvalue weighted by molar-refractivity contribution is -0.118. The first-order valence-corrected chi connectivity index (χ1v) is 13.4. The molecule has 2 nitrogen and oxygen atoms in total. The van der Waals surface area contributed by atoms with Crippen LogP contribution in [-0.4, -0.2) is 5.91 Å². The average molecular weight is 410 g/mol. The smallest absolute Gasteiger partial charge is 0.217 e. The Morgan fingerprint density at radius 3 is 0.966 bits per heavy atom. The molecule has 0 rings (SSSR count). The topological polar surface area (TPSA) is 43.1 Å². The van der Waals surface area contributed by atoms with Crippen LogP contribution < -0.4 is 5.73 Å². The van der Waals surface area contributed by atoms with E-state index in [2.05, 4.69) is 13.8 Å². The van der Waals surface area contributed by atoms with Crippen molar-refractivity contribution >= 4 is 5.91 Å². The fourth-order valence-corrected chi connectivity index (χ4v) is 4.21. The molecule has 174 valence electrons. The van der Waals surface area contributed by atoms with Crippen LogP contribution in [-0.2, 0) is 4.79 Å². The third kappa shape index (κ3) is 27.5. The normalized spacial score (nSPS) is 11.4. The van der Waals surface area contributed by atoms with Gasteiger partial charge in [-0.15, -0.1) is 0 Å². The second-order valence-corrected chi connectivity index (χ2v) is 9.82. The minimum Gasteiger partial charge on any atom is -0.370 e. The first-order chi connectivity index (χ1) is 14.1. The fraction of sp³-hybridized carbons (Fsp3) is 0.963. The van der Waals surface area contributed by atoms with Crippen LogP contribution in [0.5, 0.6) is 0 Å². The fourth-order valence-electron chi connectivity index (χ4n) is 4.21. The van der Waals surface area contributed by atoms with Crippen LogP contribution in [0.3, 0.4) is 0 Å². The molecule has 2 N–H and O–H groups in total. The molecule has 1 amide bonds. The van der Waals surface area contributed by atoms with E-state index in [0.29, 0.717) is 6.42 Å². The predicted octanol–water partition coefficient (Wildman–Crippen LogP) is 9.10. The molecule has 0 aromatic heterocycles. The zero-order valence-electron chi connectivity index (χ0n) is 20.3. The molecule has 0 aromatic rings. The number of primary amides is 1. The summed E-state index contributed by atoms with van der Waals surface area (Å²) >= 11 is 0. The van der Waals surface area contributed by atoms with Crippen LogP contribution in [0, 0.1) is 5.92 Å². The van der Waals surface area contributed by atoms with Gasteiger partial charge in [0.1, 0.15) is 0 Å². The zero-order valence-corrected chi connectivity index (χ0v) is 20.3. The standard InChI is InChI=1S/C27H55NO/c1-26(2)24-22-20-18-16-14-12-10-8-6-4-3-5-7-9-11-13-15-17-19-21-23-25-27(28)29/h26H,3-25H2,1-2H3,(H2,28,29). The van der Waals surface area contributed by atoms with Gasteiger partial charge in [0.15, 0.2) is 0 Å². The molecule has 0 unspecified atom stereocenters. The van der Waals surface area contributed by atoms with E-state index >= 15 is 0 Å². The highest BCUT2D eigenvalue weighted by Crippen LogP contribution is 2.16. The Hall–Kier alpha value is -0.530. The van der Waals surface area contributed by atoms with Gasteiger partial charge in [0, 0.05) is 6.42 Å². The van der Waals surface area contributed by atoms with E-state index in [1.54, 1.807) is 0 Å². The number of nitrogens with two attached hydrogens (primary N) is 1. The number of hydrogen-bond donors (Lipinski definition) is 1. The Morgan fingerprint density at radius 2 is 0.724 bits per heavy atom. The van der Waals surface area contributed by atoms with Gasteiger partial charge in [-0.25, -0.2) is 0 Å². The van der Waals surface area contributed by atoms with Crippen molar-refractivity contribution in [3.05, 3.63) is 0 Å². The van der Waals surface area contributed by atoms with E-state index in [0.717, 1.165) is 12.3 Å². The number of hydrogen-bond acceptors (Lipinski definition) is 1. The quantitative estimate of drug-likeness (QED) is 0.159. The van der Waals surface area contributed by atoms with Crippen LogP contribution in [0.1, 0.15) is 162 Å². The Bertz CT molecular complexity index is 326. The minimum absolute atomic E-state index is 0.150. The van der Waals surface area contributed by atoms with E-state index < -0.39 is 0 Å². The predicted molar refractivity (Wildman–Crippen MR) is 130 cm³/mol. The number of rotatable bonds is 24. The van der Waals surface area contributed by atoms with Gasteiger partial charge < -0.3 is 5.73 Å². The molecule has 0 bridgehead atoms. The van der Waals surface area contributed by atoms with Crippen molar-refractivity contribution in [3.8, 4) is 0 Å². The van der Waals surface area contributed by atoms with Crippen molar-refractivity contribution in [2.45, 2.75) is 162 Å². The van der Waals surface area contributed by atoms with Crippen molar-refractivity contribution in [1.82, 2.24) is 0 Å². The maximum absolute atomic E-state index is 10.6. The molecule has 0 fully saturated rings. The molecule has 0 radical (unpaired) electrons. The molecule has 0 saturated heterocycles. The first kappa shape index (κ1) is 28.5. The van der Waals surface area contributed by atoms with E-state index in [1.165, 1.54) is 135 Å². The van der Waals surface area contributed by atoms with Gasteiger partial charge in [-0.2, -0.15) is 0 Å². The molecule has 0 aromatic carbocycles. The molecule has 0 saturated carbocycles. The molecule has 2 heteroatoms. The van der Waals surface area contributed by atoms with Gasteiger partial charge >= 0.3 is 0 Å². The molecule has 0 atom stereocenters. The summed E-state index contributed by atoms with van der Waals surface area (Å²) in [6.07, 6.45) is 31.3. The van der Waals surface area contributed by atoms with E-state index in [9.17, 15) is 4.79 Å². The summed E-state index contributed by atoms with van der Waals surface area (Å²) < 4.78 is 0. The highest BCUT2D eigenvalue weighted by atomic mass is 16.1. The Balaban J connectivity index is 3.01. The molecule has 0 spiro atoms. The number of carbonyl (C=O) groups is 1. The number of unbranched alkanes of at least 4 members (excludes halogenated alkanes) is 20. The summed E-state index contributed by atoms with van der Waals surface area (Å²) in [5.74, 6) is 0.737.